The van der Waals surface area contributed by atoms with Gasteiger partial charge in [-0.1, -0.05) is 6.07 Å². The number of ether oxygens (including phenoxy) is 1. The number of hydrogen-bond acceptors (Lipinski definition) is 4. The molecule has 1 fully saturated rings. The summed E-state index contributed by atoms with van der Waals surface area (Å²) in [5.74, 6) is 0.801. The van der Waals surface area contributed by atoms with Crippen LogP contribution in [0.25, 0.3) is 0 Å². The molecule has 0 saturated carbocycles. The van der Waals surface area contributed by atoms with Crippen molar-refractivity contribution < 1.29 is 14.9 Å². The second-order valence-corrected chi connectivity index (χ2v) is 4.46. The first-order valence-corrected chi connectivity index (χ1v) is 5.98. The van der Waals surface area contributed by atoms with E-state index in [4.69, 9.17) is 4.74 Å². The van der Waals surface area contributed by atoms with E-state index in [-0.39, 0.29) is 11.7 Å². The highest BCUT2D eigenvalue weighted by molar-refractivity contribution is 5.42. The molecule has 4 nitrogen and oxygen atoms in total. The number of phenols is 1. The topological polar surface area (TPSA) is 61.7 Å². The van der Waals surface area contributed by atoms with Crippen molar-refractivity contribution in [2.24, 2.45) is 5.92 Å². The molecule has 0 spiro atoms. The minimum Gasteiger partial charge on any atom is -0.504 e. The molecule has 1 atom stereocenters. The van der Waals surface area contributed by atoms with Crippen LogP contribution in [0.15, 0.2) is 18.2 Å². The normalized spacial score (nSPS) is 18.9. The van der Waals surface area contributed by atoms with Crippen LogP contribution in [-0.4, -0.2) is 30.4 Å². The fraction of sp³-hybridized carbons (Fsp3) is 0.538. The maximum Gasteiger partial charge on any atom is 0.160 e. The van der Waals surface area contributed by atoms with E-state index in [9.17, 15) is 10.2 Å². The number of nitrogens with one attached hydrogen (secondary N) is 1. The van der Waals surface area contributed by atoms with Crippen LogP contribution in [0.5, 0.6) is 11.5 Å². The van der Waals surface area contributed by atoms with E-state index in [2.05, 4.69) is 5.32 Å². The van der Waals surface area contributed by atoms with Crippen LogP contribution in [0.2, 0.25) is 0 Å². The maximum atomic E-state index is 10.3. The number of methoxy groups -OCH3 is 1. The monoisotopic (exact) mass is 237 g/mol. The maximum absolute atomic E-state index is 10.3. The quantitative estimate of drug-likeness (QED) is 0.744. The van der Waals surface area contributed by atoms with Crippen molar-refractivity contribution in [2.75, 3.05) is 20.2 Å². The van der Waals surface area contributed by atoms with Gasteiger partial charge in [0, 0.05) is 0 Å². The number of phenolic OH excluding ortho intramolecular Hbond substituents is 1. The highest BCUT2D eigenvalue weighted by Gasteiger charge is 2.23. The van der Waals surface area contributed by atoms with Gasteiger partial charge in [-0.25, -0.2) is 0 Å². The molecule has 17 heavy (non-hydrogen) atoms. The van der Waals surface area contributed by atoms with Gasteiger partial charge >= 0.3 is 0 Å². The average molecular weight is 237 g/mol. The first-order chi connectivity index (χ1) is 8.22. The third-order valence-corrected chi connectivity index (χ3v) is 3.38. The summed E-state index contributed by atoms with van der Waals surface area (Å²) < 4.78 is 5.05. The van der Waals surface area contributed by atoms with Crippen molar-refractivity contribution >= 4 is 0 Å². The molecule has 3 N–H and O–H groups in total. The molecule has 1 saturated heterocycles. The van der Waals surface area contributed by atoms with Gasteiger partial charge in [-0.15, -0.1) is 0 Å². The smallest absolute Gasteiger partial charge is 0.160 e. The highest BCUT2D eigenvalue weighted by atomic mass is 16.5. The van der Waals surface area contributed by atoms with Crippen LogP contribution >= 0.6 is 0 Å². The third kappa shape index (κ3) is 2.70. The van der Waals surface area contributed by atoms with Gasteiger partial charge < -0.3 is 20.3 Å². The molecule has 1 aliphatic heterocycles. The molecule has 0 aromatic heterocycles. The summed E-state index contributed by atoms with van der Waals surface area (Å²) in [6, 6.07) is 5.03. The summed E-state index contributed by atoms with van der Waals surface area (Å²) in [5.41, 5.74) is 0.812. The van der Waals surface area contributed by atoms with Gasteiger partial charge in [-0.05, 0) is 49.5 Å². The summed E-state index contributed by atoms with van der Waals surface area (Å²) in [6.45, 7) is 1.91. The highest BCUT2D eigenvalue weighted by Crippen LogP contribution is 2.34. The van der Waals surface area contributed by atoms with E-state index in [0.29, 0.717) is 5.75 Å². The van der Waals surface area contributed by atoms with E-state index < -0.39 is 6.10 Å². The molecule has 0 amide bonds. The summed E-state index contributed by atoms with van der Waals surface area (Å²) in [4.78, 5) is 0. The number of aromatic hydroxyl groups is 1. The Kier molecular flexibility index (Phi) is 3.86. The van der Waals surface area contributed by atoms with Crippen LogP contribution < -0.4 is 10.1 Å². The van der Waals surface area contributed by atoms with E-state index >= 15 is 0 Å². The first-order valence-electron chi connectivity index (χ1n) is 5.98. The molecule has 1 heterocycles. The Bertz CT molecular complexity index is 375. The number of rotatable bonds is 3. The Morgan fingerprint density at radius 3 is 2.71 bits per heavy atom. The zero-order valence-electron chi connectivity index (χ0n) is 10.0. The van der Waals surface area contributed by atoms with E-state index in [1.165, 1.54) is 7.11 Å². The first kappa shape index (κ1) is 12.2. The Morgan fingerprint density at radius 2 is 2.06 bits per heavy atom. The average Bonchev–Trinajstić information content (AvgIpc) is 2.39. The minimum atomic E-state index is -0.480. The zero-order valence-corrected chi connectivity index (χ0v) is 10.0. The summed E-state index contributed by atoms with van der Waals surface area (Å²) in [7, 11) is 1.51. The lowest BCUT2D eigenvalue weighted by molar-refractivity contribution is 0.0886. The number of benzene rings is 1. The Labute approximate surface area is 101 Å². The SMILES string of the molecule is COc1cc(C(O)C2CCNCC2)ccc1O. The summed E-state index contributed by atoms with van der Waals surface area (Å²) in [6.07, 6.45) is 1.47. The van der Waals surface area contributed by atoms with Crippen molar-refractivity contribution in [1.29, 1.82) is 0 Å². The van der Waals surface area contributed by atoms with E-state index in [1.807, 2.05) is 0 Å². The largest absolute Gasteiger partial charge is 0.504 e. The second kappa shape index (κ2) is 5.38. The van der Waals surface area contributed by atoms with Crippen molar-refractivity contribution in [3.63, 3.8) is 0 Å². The third-order valence-electron chi connectivity index (χ3n) is 3.38. The lowest BCUT2D eigenvalue weighted by atomic mass is 9.88. The molecule has 0 bridgehead atoms. The molecule has 2 rings (SSSR count). The van der Waals surface area contributed by atoms with Gasteiger partial charge in [0.2, 0.25) is 0 Å². The van der Waals surface area contributed by atoms with Gasteiger partial charge in [0.15, 0.2) is 11.5 Å². The lowest BCUT2D eigenvalue weighted by Gasteiger charge is -2.27. The number of aliphatic hydroxyl groups excluding tert-OH is 1. The van der Waals surface area contributed by atoms with Crippen LogP contribution in [-0.2, 0) is 0 Å². The Balaban J connectivity index is 2.15. The minimum absolute atomic E-state index is 0.105. The molecular formula is C13H19NO3. The molecular weight excluding hydrogens is 218 g/mol. The summed E-state index contributed by atoms with van der Waals surface area (Å²) >= 11 is 0. The van der Waals surface area contributed by atoms with Gasteiger partial charge in [-0.2, -0.15) is 0 Å². The van der Waals surface area contributed by atoms with Gasteiger partial charge in [-0.3, -0.25) is 0 Å². The van der Waals surface area contributed by atoms with Crippen molar-refractivity contribution in [2.45, 2.75) is 18.9 Å². The van der Waals surface area contributed by atoms with Gasteiger partial charge in [0.05, 0.1) is 13.2 Å². The van der Waals surface area contributed by atoms with Crippen molar-refractivity contribution in [3.05, 3.63) is 23.8 Å². The molecule has 0 radical (unpaired) electrons. The predicted octanol–water partition coefficient (Wildman–Crippen LogP) is 1.43. The van der Waals surface area contributed by atoms with Gasteiger partial charge in [0.1, 0.15) is 0 Å². The standard InChI is InChI=1S/C13H19NO3/c1-17-12-8-10(2-3-11(12)15)13(16)9-4-6-14-7-5-9/h2-3,8-9,13-16H,4-7H2,1H3. The molecule has 94 valence electrons. The van der Waals surface area contributed by atoms with Crippen molar-refractivity contribution in [1.82, 2.24) is 5.32 Å². The van der Waals surface area contributed by atoms with Crippen LogP contribution in [0.3, 0.4) is 0 Å². The van der Waals surface area contributed by atoms with Crippen LogP contribution in [0, 0.1) is 5.92 Å². The molecule has 0 aliphatic carbocycles. The Morgan fingerprint density at radius 1 is 1.35 bits per heavy atom. The molecule has 4 heteroatoms. The second-order valence-electron chi connectivity index (χ2n) is 4.46. The van der Waals surface area contributed by atoms with E-state index in [1.54, 1.807) is 18.2 Å². The van der Waals surface area contributed by atoms with Crippen LogP contribution in [0.1, 0.15) is 24.5 Å². The number of hydrogen-bond donors (Lipinski definition) is 3. The fourth-order valence-corrected chi connectivity index (χ4v) is 2.31. The Hall–Kier alpha value is -1.26. The fourth-order valence-electron chi connectivity index (χ4n) is 2.31. The molecule has 1 aromatic carbocycles. The lowest BCUT2D eigenvalue weighted by Crippen LogP contribution is -2.30. The number of aliphatic hydroxyl groups is 1. The number of piperidine rings is 1. The zero-order chi connectivity index (χ0) is 12.3. The predicted molar refractivity (Wildman–Crippen MR) is 65.2 cm³/mol. The summed E-state index contributed by atoms with van der Waals surface area (Å²) in [5, 5.41) is 23.1. The molecule has 1 aromatic rings. The van der Waals surface area contributed by atoms with E-state index in [0.717, 1.165) is 31.5 Å². The van der Waals surface area contributed by atoms with Gasteiger partial charge in [0.25, 0.3) is 0 Å². The molecule has 1 aliphatic rings. The van der Waals surface area contributed by atoms with Crippen LogP contribution in [0.4, 0.5) is 0 Å². The van der Waals surface area contributed by atoms with Crippen molar-refractivity contribution in [3.8, 4) is 11.5 Å². The molecule has 1 unspecified atom stereocenters.